The number of benzene rings is 2. The molecule has 104 valence electrons. The molecule has 0 fully saturated rings. The highest BCUT2D eigenvalue weighted by Crippen LogP contribution is 2.41. The van der Waals surface area contributed by atoms with Crippen molar-refractivity contribution in [2.75, 3.05) is 5.88 Å². The van der Waals surface area contributed by atoms with Gasteiger partial charge in [0.05, 0.1) is 0 Å². The summed E-state index contributed by atoms with van der Waals surface area (Å²) in [6.07, 6.45) is 4.50. The van der Waals surface area contributed by atoms with Gasteiger partial charge in [0.25, 0.3) is 0 Å². The average molecular weight is 305 g/mol. The second kappa shape index (κ2) is 5.79. The van der Waals surface area contributed by atoms with E-state index in [1.165, 1.54) is 29.5 Å². The van der Waals surface area contributed by atoms with Crippen molar-refractivity contribution in [3.63, 3.8) is 0 Å². The number of aryl methyl sites for hydroxylation is 1. The number of fused-ring (bicyclic) bond motifs is 1. The minimum atomic E-state index is 0.0566. The van der Waals surface area contributed by atoms with Gasteiger partial charge in [0.1, 0.15) is 0 Å². The molecule has 0 bridgehead atoms. The van der Waals surface area contributed by atoms with Gasteiger partial charge in [0, 0.05) is 16.3 Å². The molecule has 0 aromatic heterocycles. The van der Waals surface area contributed by atoms with Crippen molar-refractivity contribution in [2.45, 2.75) is 31.1 Å². The molecule has 0 radical (unpaired) electrons. The summed E-state index contributed by atoms with van der Waals surface area (Å²) in [5, 5.41) is 0.802. The fourth-order valence-electron chi connectivity index (χ4n) is 3.41. The van der Waals surface area contributed by atoms with Crippen LogP contribution in [-0.2, 0) is 18.3 Å². The van der Waals surface area contributed by atoms with E-state index in [1.807, 2.05) is 12.1 Å². The highest BCUT2D eigenvalue weighted by Gasteiger charge is 2.35. The standard InChI is InChI=1S/C18H18Cl2/c19-13-18(12-14-5-3-8-16(20)11-14)10-4-7-15-6-1-2-9-17(15)18/h1-3,5-6,8-9,11H,4,7,10,12-13H2. The molecule has 0 aliphatic heterocycles. The van der Waals surface area contributed by atoms with Crippen LogP contribution in [-0.4, -0.2) is 5.88 Å². The predicted octanol–water partition coefficient (Wildman–Crippen LogP) is 5.40. The minimum Gasteiger partial charge on any atom is -0.126 e. The van der Waals surface area contributed by atoms with Crippen molar-refractivity contribution < 1.29 is 0 Å². The van der Waals surface area contributed by atoms with Crippen LogP contribution in [0.2, 0.25) is 5.02 Å². The first kappa shape index (κ1) is 14.0. The molecule has 0 saturated carbocycles. The van der Waals surface area contributed by atoms with Crippen molar-refractivity contribution in [2.24, 2.45) is 0 Å². The highest BCUT2D eigenvalue weighted by molar-refractivity contribution is 6.30. The van der Waals surface area contributed by atoms with Gasteiger partial charge in [0.2, 0.25) is 0 Å². The average Bonchev–Trinajstić information content (AvgIpc) is 2.47. The summed E-state index contributed by atoms with van der Waals surface area (Å²) in [6, 6.07) is 16.9. The summed E-state index contributed by atoms with van der Waals surface area (Å²) in [7, 11) is 0. The Balaban J connectivity index is 2.00. The lowest BCUT2D eigenvalue weighted by Crippen LogP contribution is -2.35. The maximum Gasteiger partial charge on any atom is 0.0408 e. The molecule has 1 aliphatic rings. The first-order valence-electron chi connectivity index (χ1n) is 7.12. The number of hydrogen-bond donors (Lipinski definition) is 0. The van der Waals surface area contributed by atoms with Crippen LogP contribution in [0.5, 0.6) is 0 Å². The molecule has 2 heteroatoms. The van der Waals surface area contributed by atoms with E-state index in [0.717, 1.165) is 17.9 Å². The number of alkyl halides is 1. The molecule has 2 aromatic carbocycles. The zero-order valence-corrected chi connectivity index (χ0v) is 12.9. The summed E-state index contributed by atoms with van der Waals surface area (Å²) >= 11 is 12.5. The smallest absolute Gasteiger partial charge is 0.0408 e. The summed E-state index contributed by atoms with van der Waals surface area (Å²) in [5.41, 5.74) is 4.22. The predicted molar refractivity (Wildman–Crippen MR) is 86.9 cm³/mol. The molecule has 2 aromatic rings. The highest BCUT2D eigenvalue weighted by atomic mass is 35.5. The van der Waals surface area contributed by atoms with E-state index < -0.39 is 0 Å². The monoisotopic (exact) mass is 304 g/mol. The second-order valence-corrected chi connectivity index (χ2v) is 6.44. The summed E-state index contributed by atoms with van der Waals surface area (Å²) < 4.78 is 0. The van der Waals surface area contributed by atoms with Crippen molar-refractivity contribution in [3.05, 3.63) is 70.2 Å². The van der Waals surface area contributed by atoms with E-state index in [4.69, 9.17) is 23.2 Å². The Morgan fingerprint density at radius 1 is 1.05 bits per heavy atom. The second-order valence-electron chi connectivity index (χ2n) is 5.73. The van der Waals surface area contributed by atoms with Crippen molar-refractivity contribution in [1.29, 1.82) is 0 Å². The van der Waals surface area contributed by atoms with Crippen LogP contribution in [0.4, 0.5) is 0 Å². The van der Waals surface area contributed by atoms with Gasteiger partial charge < -0.3 is 0 Å². The molecule has 0 heterocycles. The Labute approximate surface area is 130 Å². The Hall–Kier alpha value is -0.980. The van der Waals surface area contributed by atoms with Crippen LogP contribution in [0.1, 0.15) is 29.5 Å². The third kappa shape index (κ3) is 2.60. The normalized spacial score (nSPS) is 21.5. The van der Waals surface area contributed by atoms with Gasteiger partial charge in [-0.05, 0) is 54.5 Å². The molecule has 1 atom stereocenters. The minimum absolute atomic E-state index is 0.0566. The zero-order valence-electron chi connectivity index (χ0n) is 11.4. The van der Waals surface area contributed by atoms with Crippen LogP contribution in [0.25, 0.3) is 0 Å². The molecule has 0 nitrogen and oxygen atoms in total. The van der Waals surface area contributed by atoms with Crippen LogP contribution in [0.15, 0.2) is 48.5 Å². The van der Waals surface area contributed by atoms with Gasteiger partial charge in [-0.15, -0.1) is 11.6 Å². The van der Waals surface area contributed by atoms with Gasteiger partial charge in [-0.25, -0.2) is 0 Å². The fraction of sp³-hybridized carbons (Fsp3) is 0.333. The van der Waals surface area contributed by atoms with E-state index in [-0.39, 0.29) is 5.41 Å². The quantitative estimate of drug-likeness (QED) is 0.666. The molecule has 3 rings (SSSR count). The summed E-state index contributed by atoms with van der Waals surface area (Å²) in [5.74, 6) is 0.663. The van der Waals surface area contributed by atoms with Crippen LogP contribution in [0.3, 0.4) is 0 Å². The van der Waals surface area contributed by atoms with Crippen molar-refractivity contribution >= 4 is 23.2 Å². The Morgan fingerprint density at radius 2 is 1.90 bits per heavy atom. The lowest BCUT2D eigenvalue weighted by atomic mass is 9.68. The SMILES string of the molecule is ClCC1(Cc2cccc(Cl)c2)CCCc2ccccc21. The summed E-state index contributed by atoms with van der Waals surface area (Å²) in [4.78, 5) is 0. The molecule has 1 aliphatic carbocycles. The van der Waals surface area contributed by atoms with E-state index in [1.54, 1.807) is 0 Å². The van der Waals surface area contributed by atoms with Gasteiger partial charge in [0.15, 0.2) is 0 Å². The maximum atomic E-state index is 6.42. The van der Waals surface area contributed by atoms with Gasteiger partial charge in [-0.1, -0.05) is 48.0 Å². The largest absolute Gasteiger partial charge is 0.126 e. The van der Waals surface area contributed by atoms with Crippen molar-refractivity contribution in [1.82, 2.24) is 0 Å². The molecule has 0 spiro atoms. The van der Waals surface area contributed by atoms with Crippen molar-refractivity contribution in [3.8, 4) is 0 Å². The topological polar surface area (TPSA) is 0 Å². The molecule has 20 heavy (non-hydrogen) atoms. The van der Waals surface area contributed by atoms with E-state index in [2.05, 4.69) is 36.4 Å². The molecular weight excluding hydrogens is 287 g/mol. The molecular formula is C18H18Cl2. The van der Waals surface area contributed by atoms with Crippen LogP contribution in [0, 0.1) is 0 Å². The lowest BCUT2D eigenvalue weighted by molar-refractivity contribution is 0.396. The number of halogens is 2. The maximum absolute atomic E-state index is 6.42. The van der Waals surface area contributed by atoms with E-state index in [9.17, 15) is 0 Å². The van der Waals surface area contributed by atoms with E-state index >= 15 is 0 Å². The molecule has 1 unspecified atom stereocenters. The van der Waals surface area contributed by atoms with Crippen LogP contribution >= 0.6 is 23.2 Å². The first-order chi connectivity index (χ1) is 9.73. The number of hydrogen-bond acceptors (Lipinski definition) is 0. The first-order valence-corrected chi connectivity index (χ1v) is 8.04. The third-order valence-corrected chi connectivity index (χ3v) is 5.12. The molecule has 0 saturated heterocycles. The molecule has 0 amide bonds. The fourth-order valence-corrected chi connectivity index (χ4v) is 4.00. The Morgan fingerprint density at radius 3 is 2.70 bits per heavy atom. The number of rotatable bonds is 3. The summed E-state index contributed by atoms with van der Waals surface area (Å²) in [6.45, 7) is 0. The Kier molecular flexibility index (Phi) is 4.05. The lowest BCUT2D eigenvalue weighted by Gasteiger charge is -2.38. The van der Waals surface area contributed by atoms with Gasteiger partial charge >= 0.3 is 0 Å². The van der Waals surface area contributed by atoms with Gasteiger partial charge in [-0.3, -0.25) is 0 Å². The van der Waals surface area contributed by atoms with Gasteiger partial charge in [-0.2, -0.15) is 0 Å². The third-order valence-electron chi connectivity index (χ3n) is 4.38. The van der Waals surface area contributed by atoms with Crippen LogP contribution < -0.4 is 0 Å². The zero-order chi connectivity index (χ0) is 14.0. The van der Waals surface area contributed by atoms with E-state index in [0.29, 0.717) is 5.88 Å². The molecule has 0 N–H and O–H groups in total. The Bertz CT molecular complexity index is 606.